The average molecular weight is 445 g/mol. The summed E-state index contributed by atoms with van der Waals surface area (Å²) in [4.78, 5) is 6.80. The van der Waals surface area contributed by atoms with E-state index in [0.717, 1.165) is 25.1 Å². The van der Waals surface area contributed by atoms with Crippen molar-refractivity contribution in [3.05, 3.63) is 41.3 Å². The molecule has 1 aromatic heterocycles. The minimum absolute atomic E-state index is 0. The number of nitrogens with zero attached hydrogens (tertiary/aromatic N) is 1. The number of rotatable bonds is 7. The third-order valence-electron chi connectivity index (χ3n) is 3.28. The van der Waals surface area contributed by atoms with Crippen LogP contribution >= 0.6 is 35.3 Å². The van der Waals surface area contributed by atoms with Crippen molar-refractivity contribution in [2.45, 2.75) is 26.3 Å². The Kier molecular flexibility index (Phi) is 9.01. The van der Waals surface area contributed by atoms with Crippen LogP contribution in [0.25, 0.3) is 10.4 Å². The summed E-state index contributed by atoms with van der Waals surface area (Å²) in [7, 11) is 1.68. The lowest BCUT2D eigenvalue weighted by Gasteiger charge is -2.03. The van der Waals surface area contributed by atoms with E-state index in [9.17, 15) is 0 Å². The molecule has 2 aromatic rings. The Morgan fingerprint density at radius 2 is 1.96 bits per heavy atom. The second-order valence-corrected chi connectivity index (χ2v) is 6.14. The van der Waals surface area contributed by atoms with Gasteiger partial charge in [-0.05, 0) is 48.4 Å². The number of benzene rings is 1. The first-order chi connectivity index (χ1) is 10.7. The zero-order valence-corrected chi connectivity index (χ0v) is 16.7. The van der Waals surface area contributed by atoms with E-state index in [1.54, 1.807) is 18.4 Å². The summed E-state index contributed by atoms with van der Waals surface area (Å²) in [6.45, 7) is 3.65. The first-order valence-corrected chi connectivity index (χ1v) is 8.31. The van der Waals surface area contributed by atoms with Crippen LogP contribution in [0, 0.1) is 0 Å². The molecule has 0 saturated carbocycles. The molecule has 4 nitrogen and oxygen atoms in total. The Balaban J connectivity index is 0.00000264. The minimum Gasteiger partial charge on any atom is -0.497 e. The van der Waals surface area contributed by atoms with E-state index in [1.165, 1.54) is 15.3 Å². The van der Waals surface area contributed by atoms with Gasteiger partial charge in [-0.25, -0.2) is 4.99 Å². The molecule has 0 fully saturated rings. The van der Waals surface area contributed by atoms with Gasteiger partial charge in [-0.2, -0.15) is 0 Å². The largest absolute Gasteiger partial charge is 0.497 e. The number of hydrogen-bond donors (Lipinski definition) is 2. The highest BCUT2D eigenvalue weighted by Gasteiger charge is 2.03. The summed E-state index contributed by atoms with van der Waals surface area (Å²) < 4.78 is 5.18. The van der Waals surface area contributed by atoms with Gasteiger partial charge in [-0.1, -0.05) is 13.3 Å². The van der Waals surface area contributed by atoms with E-state index >= 15 is 0 Å². The zero-order chi connectivity index (χ0) is 15.8. The van der Waals surface area contributed by atoms with Gasteiger partial charge in [0.05, 0.1) is 13.7 Å². The lowest BCUT2D eigenvalue weighted by atomic mass is 10.2. The predicted octanol–water partition coefficient (Wildman–Crippen LogP) is 4.25. The standard InChI is InChI=1S/C17H23N3OS.HI/c1-3-4-11-19-17(18)20-12-15-9-10-16(22-15)13-5-7-14(21-2)8-6-13;/h5-10H,3-4,11-12H2,1-2H3,(H3,18,19,20);1H. The molecule has 0 spiro atoms. The van der Waals surface area contributed by atoms with Crippen LogP contribution in [0.15, 0.2) is 41.4 Å². The summed E-state index contributed by atoms with van der Waals surface area (Å²) in [6.07, 6.45) is 2.26. The summed E-state index contributed by atoms with van der Waals surface area (Å²) >= 11 is 1.74. The van der Waals surface area contributed by atoms with Crippen molar-refractivity contribution in [2.75, 3.05) is 13.7 Å². The van der Waals surface area contributed by atoms with Crippen molar-refractivity contribution in [3.63, 3.8) is 0 Å². The number of unbranched alkanes of at least 4 members (excludes halogenated alkanes) is 1. The first kappa shape index (κ1) is 19.8. The van der Waals surface area contributed by atoms with Gasteiger partial charge >= 0.3 is 0 Å². The van der Waals surface area contributed by atoms with Crippen LogP contribution in [0.2, 0.25) is 0 Å². The number of halogens is 1. The normalized spacial score (nSPS) is 11.0. The number of aliphatic imine (C=N–C) groups is 1. The van der Waals surface area contributed by atoms with Gasteiger partial charge in [0.25, 0.3) is 0 Å². The van der Waals surface area contributed by atoms with E-state index in [-0.39, 0.29) is 24.0 Å². The highest BCUT2D eigenvalue weighted by molar-refractivity contribution is 14.0. The number of nitrogens with one attached hydrogen (secondary N) is 1. The van der Waals surface area contributed by atoms with E-state index in [0.29, 0.717) is 12.5 Å². The fourth-order valence-corrected chi connectivity index (χ4v) is 2.92. The molecule has 1 heterocycles. The van der Waals surface area contributed by atoms with Crippen LogP contribution in [0.1, 0.15) is 24.6 Å². The summed E-state index contributed by atoms with van der Waals surface area (Å²) in [5.41, 5.74) is 7.03. The third-order valence-corrected chi connectivity index (χ3v) is 4.40. The van der Waals surface area contributed by atoms with Crippen LogP contribution in [-0.4, -0.2) is 19.6 Å². The van der Waals surface area contributed by atoms with Crippen molar-refractivity contribution in [3.8, 4) is 16.2 Å². The first-order valence-electron chi connectivity index (χ1n) is 7.50. The Morgan fingerprint density at radius 1 is 1.22 bits per heavy atom. The van der Waals surface area contributed by atoms with E-state index in [1.807, 2.05) is 12.1 Å². The number of methoxy groups -OCH3 is 1. The second-order valence-electron chi connectivity index (χ2n) is 4.98. The highest BCUT2D eigenvalue weighted by atomic mass is 127. The molecule has 0 atom stereocenters. The molecular weight excluding hydrogens is 421 g/mol. The number of thiophene rings is 1. The molecule has 0 radical (unpaired) electrons. The molecule has 126 valence electrons. The molecule has 1 aromatic carbocycles. The molecule has 6 heteroatoms. The molecule has 0 aliphatic heterocycles. The van der Waals surface area contributed by atoms with Crippen molar-refractivity contribution < 1.29 is 4.74 Å². The number of hydrogen-bond acceptors (Lipinski definition) is 3. The van der Waals surface area contributed by atoms with Crippen LogP contribution in [0.4, 0.5) is 0 Å². The number of nitrogens with two attached hydrogens (primary N) is 1. The van der Waals surface area contributed by atoms with E-state index in [2.05, 4.69) is 41.5 Å². The van der Waals surface area contributed by atoms with Gasteiger partial charge < -0.3 is 15.8 Å². The summed E-state index contributed by atoms with van der Waals surface area (Å²) in [5.74, 6) is 1.39. The summed E-state index contributed by atoms with van der Waals surface area (Å²) in [5, 5.41) is 3.12. The van der Waals surface area contributed by atoms with Crippen LogP contribution in [0.3, 0.4) is 0 Å². The zero-order valence-electron chi connectivity index (χ0n) is 13.5. The quantitative estimate of drug-likeness (QED) is 0.290. The van der Waals surface area contributed by atoms with Crippen LogP contribution in [0.5, 0.6) is 5.75 Å². The molecule has 23 heavy (non-hydrogen) atoms. The molecule has 3 N–H and O–H groups in total. The smallest absolute Gasteiger partial charge is 0.188 e. The van der Waals surface area contributed by atoms with Crippen LogP contribution in [-0.2, 0) is 6.54 Å². The van der Waals surface area contributed by atoms with Crippen molar-refractivity contribution in [1.82, 2.24) is 5.32 Å². The highest BCUT2D eigenvalue weighted by Crippen LogP contribution is 2.29. The van der Waals surface area contributed by atoms with Crippen molar-refractivity contribution in [2.24, 2.45) is 10.7 Å². The molecule has 0 bridgehead atoms. The maximum absolute atomic E-state index is 5.84. The maximum Gasteiger partial charge on any atom is 0.188 e. The molecule has 0 amide bonds. The van der Waals surface area contributed by atoms with Gasteiger partial charge in [0.1, 0.15) is 5.75 Å². The number of guanidine groups is 1. The Bertz CT molecular complexity index is 611. The van der Waals surface area contributed by atoms with Gasteiger partial charge in [0, 0.05) is 16.3 Å². The SMILES string of the molecule is CCCCNC(N)=NCc1ccc(-c2ccc(OC)cc2)s1.I. The van der Waals surface area contributed by atoms with E-state index < -0.39 is 0 Å². The lowest BCUT2D eigenvalue weighted by Crippen LogP contribution is -2.32. The van der Waals surface area contributed by atoms with Gasteiger partial charge in [-0.15, -0.1) is 35.3 Å². The monoisotopic (exact) mass is 445 g/mol. The second kappa shape index (κ2) is 10.5. The number of ether oxygens (including phenoxy) is 1. The van der Waals surface area contributed by atoms with Crippen LogP contribution < -0.4 is 15.8 Å². The van der Waals surface area contributed by atoms with Crippen molar-refractivity contribution >= 4 is 41.3 Å². The molecule has 0 aliphatic carbocycles. The average Bonchev–Trinajstić information content (AvgIpc) is 3.02. The van der Waals surface area contributed by atoms with Crippen molar-refractivity contribution in [1.29, 1.82) is 0 Å². The van der Waals surface area contributed by atoms with Gasteiger partial charge in [0.15, 0.2) is 5.96 Å². The predicted molar refractivity (Wildman–Crippen MR) is 110 cm³/mol. The summed E-state index contributed by atoms with van der Waals surface area (Å²) in [6, 6.07) is 12.3. The Labute approximate surface area is 159 Å². The lowest BCUT2D eigenvalue weighted by molar-refractivity contribution is 0.415. The molecule has 0 aliphatic rings. The fourth-order valence-electron chi connectivity index (χ4n) is 1.99. The maximum atomic E-state index is 5.84. The minimum atomic E-state index is 0. The molecule has 0 unspecified atom stereocenters. The molecule has 2 rings (SSSR count). The Hall–Kier alpha value is -1.28. The van der Waals surface area contributed by atoms with Gasteiger partial charge in [0.2, 0.25) is 0 Å². The molecular formula is C17H24IN3OS. The van der Waals surface area contributed by atoms with E-state index in [4.69, 9.17) is 10.5 Å². The topological polar surface area (TPSA) is 59.6 Å². The fraction of sp³-hybridized carbons (Fsp3) is 0.353. The van der Waals surface area contributed by atoms with Gasteiger partial charge in [-0.3, -0.25) is 0 Å². The molecule has 0 saturated heterocycles. The third kappa shape index (κ3) is 6.39. The Morgan fingerprint density at radius 3 is 2.61 bits per heavy atom.